The number of para-hydroxylation sites is 1. The molecule has 2 amide bonds. The Hall–Kier alpha value is -2.83. The van der Waals surface area contributed by atoms with Crippen LogP contribution in [-0.4, -0.2) is 43.6 Å². The Labute approximate surface area is 152 Å². The van der Waals surface area contributed by atoms with Crippen molar-refractivity contribution in [1.29, 1.82) is 0 Å². The van der Waals surface area contributed by atoms with Gasteiger partial charge in [0.1, 0.15) is 0 Å². The number of urea groups is 1. The van der Waals surface area contributed by atoms with Crippen molar-refractivity contribution >= 4 is 16.9 Å². The Bertz CT molecular complexity index is 875. The second kappa shape index (κ2) is 6.82. The van der Waals surface area contributed by atoms with Crippen molar-refractivity contribution in [2.24, 2.45) is 7.05 Å². The summed E-state index contributed by atoms with van der Waals surface area (Å²) in [6.45, 7) is 4.10. The topological polar surface area (TPSA) is 68.0 Å². The van der Waals surface area contributed by atoms with E-state index < -0.39 is 0 Å². The van der Waals surface area contributed by atoms with Crippen molar-refractivity contribution in [2.45, 2.75) is 32.4 Å². The molecule has 1 aromatic carbocycles. The number of amides is 2. The summed E-state index contributed by atoms with van der Waals surface area (Å²) in [7, 11) is 2.05. The van der Waals surface area contributed by atoms with Crippen LogP contribution in [-0.2, 0) is 13.6 Å². The Morgan fingerprint density at radius 2 is 2.19 bits per heavy atom. The van der Waals surface area contributed by atoms with Gasteiger partial charge in [-0.1, -0.05) is 23.4 Å². The highest BCUT2D eigenvalue weighted by Crippen LogP contribution is 2.24. The number of benzene rings is 1. The Morgan fingerprint density at radius 3 is 2.96 bits per heavy atom. The molecule has 0 aliphatic carbocycles. The standard InChI is InChI=1S/C19H24N6O/c1-14-16-7-3-4-8-17(16)23(2)18(14)12-20-19(26)24-10-5-6-15(13-24)25-11-9-21-22-25/h3-4,7-9,11,15H,5-6,10,12-13H2,1-2H3,(H,20,26)/t15-/m1/s1. The van der Waals surface area contributed by atoms with E-state index >= 15 is 0 Å². The molecule has 7 heteroatoms. The summed E-state index contributed by atoms with van der Waals surface area (Å²) in [6, 6.07) is 8.53. The van der Waals surface area contributed by atoms with Crippen molar-refractivity contribution < 1.29 is 4.79 Å². The number of piperidine rings is 1. The maximum atomic E-state index is 12.7. The predicted octanol–water partition coefficient (Wildman–Crippen LogP) is 2.62. The molecule has 1 saturated heterocycles. The van der Waals surface area contributed by atoms with Gasteiger partial charge in [-0.05, 0) is 31.4 Å². The molecule has 0 unspecified atom stereocenters. The number of aryl methyl sites for hydroxylation is 2. The number of fused-ring (bicyclic) bond motifs is 1. The molecule has 7 nitrogen and oxygen atoms in total. The van der Waals surface area contributed by atoms with Gasteiger partial charge in [-0.25, -0.2) is 9.48 Å². The number of carbonyl (C=O) groups is 1. The summed E-state index contributed by atoms with van der Waals surface area (Å²) in [5, 5.41) is 12.3. The number of carbonyl (C=O) groups excluding carboxylic acids is 1. The maximum absolute atomic E-state index is 12.7. The number of aromatic nitrogens is 4. The highest BCUT2D eigenvalue weighted by atomic mass is 16.2. The van der Waals surface area contributed by atoms with E-state index in [0.29, 0.717) is 13.1 Å². The maximum Gasteiger partial charge on any atom is 0.317 e. The fourth-order valence-electron chi connectivity index (χ4n) is 3.93. The van der Waals surface area contributed by atoms with E-state index in [-0.39, 0.29) is 12.1 Å². The first-order valence-electron chi connectivity index (χ1n) is 9.06. The quantitative estimate of drug-likeness (QED) is 0.788. The van der Waals surface area contributed by atoms with Crippen LogP contribution < -0.4 is 5.32 Å². The van der Waals surface area contributed by atoms with Gasteiger partial charge in [0, 0.05) is 42.9 Å². The predicted molar refractivity (Wildman–Crippen MR) is 99.8 cm³/mol. The molecule has 1 atom stereocenters. The minimum absolute atomic E-state index is 0.0144. The molecule has 0 radical (unpaired) electrons. The molecule has 0 bridgehead atoms. The van der Waals surface area contributed by atoms with Gasteiger partial charge in [-0.2, -0.15) is 0 Å². The number of hydrogen-bond donors (Lipinski definition) is 1. The van der Waals surface area contributed by atoms with Gasteiger partial charge in [0.15, 0.2) is 0 Å². The van der Waals surface area contributed by atoms with Gasteiger partial charge in [-0.15, -0.1) is 5.10 Å². The van der Waals surface area contributed by atoms with Crippen LogP contribution in [0.3, 0.4) is 0 Å². The van der Waals surface area contributed by atoms with Crippen LogP contribution in [0.2, 0.25) is 0 Å². The molecule has 1 aliphatic heterocycles. The smallest absolute Gasteiger partial charge is 0.317 e. The first-order valence-corrected chi connectivity index (χ1v) is 9.06. The number of rotatable bonds is 3. The number of likely N-dealkylation sites (tertiary alicyclic amines) is 1. The van der Waals surface area contributed by atoms with Crippen LogP contribution in [0.1, 0.15) is 30.1 Å². The Balaban J connectivity index is 1.44. The lowest BCUT2D eigenvalue weighted by molar-refractivity contribution is 0.162. The first kappa shape index (κ1) is 16.6. The van der Waals surface area contributed by atoms with Crippen LogP contribution in [0.15, 0.2) is 36.7 Å². The fourth-order valence-corrected chi connectivity index (χ4v) is 3.93. The van der Waals surface area contributed by atoms with E-state index in [1.54, 1.807) is 6.20 Å². The number of nitrogens with one attached hydrogen (secondary N) is 1. The zero-order valence-corrected chi connectivity index (χ0v) is 15.2. The Morgan fingerprint density at radius 1 is 1.35 bits per heavy atom. The third-order valence-corrected chi connectivity index (χ3v) is 5.41. The van der Waals surface area contributed by atoms with Crippen molar-refractivity contribution in [1.82, 2.24) is 29.8 Å². The zero-order chi connectivity index (χ0) is 18.1. The van der Waals surface area contributed by atoms with Crippen LogP contribution in [0.5, 0.6) is 0 Å². The van der Waals surface area contributed by atoms with E-state index in [0.717, 1.165) is 25.1 Å². The van der Waals surface area contributed by atoms with E-state index in [1.165, 1.54) is 16.5 Å². The summed E-state index contributed by atoms with van der Waals surface area (Å²) in [6.07, 6.45) is 5.55. The summed E-state index contributed by atoms with van der Waals surface area (Å²) >= 11 is 0. The molecule has 1 aliphatic rings. The average Bonchev–Trinajstić information content (AvgIpc) is 3.29. The molecule has 4 rings (SSSR count). The minimum Gasteiger partial charge on any atom is -0.346 e. The average molecular weight is 352 g/mol. The second-order valence-corrected chi connectivity index (χ2v) is 6.93. The van der Waals surface area contributed by atoms with Gasteiger partial charge in [0.25, 0.3) is 0 Å². The van der Waals surface area contributed by atoms with E-state index in [9.17, 15) is 4.79 Å². The summed E-state index contributed by atoms with van der Waals surface area (Å²) in [4.78, 5) is 14.6. The molecule has 26 heavy (non-hydrogen) atoms. The molecule has 0 saturated carbocycles. The summed E-state index contributed by atoms with van der Waals surface area (Å²) in [5.74, 6) is 0. The van der Waals surface area contributed by atoms with Gasteiger partial charge in [-0.3, -0.25) is 0 Å². The lowest BCUT2D eigenvalue weighted by Crippen LogP contribution is -2.46. The molecule has 3 heterocycles. The third kappa shape index (κ3) is 2.94. The molecule has 0 spiro atoms. The highest BCUT2D eigenvalue weighted by Gasteiger charge is 2.25. The van der Waals surface area contributed by atoms with Crippen LogP contribution >= 0.6 is 0 Å². The molecule has 1 fully saturated rings. The SMILES string of the molecule is Cc1c(CNC(=O)N2CCC[C@@H](n3ccnn3)C2)n(C)c2ccccc12. The molecule has 2 aromatic heterocycles. The molecule has 3 aromatic rings. The fraction of sp³-hybridized carbons (Fsp3) is 0.421. The van der Waals surface area contributed by atoms with E-state index in [4.69, 9.17) is 0 Å². The monoisotopic (exact) mass is 352 g/mol. The molecular formula is C19H24N6O. The number of hydrogen-bond acceptors (Lipinski definition) is 3. The largest absolute Gasteiger partial charge is 0.346 e. The zero-order valence-electron chi connectivity index (χ0n) is 15.2. The van der Waals surface area contributed by atoms with Gasteiger partial charge in [0.05, 0.1) is 18.8 Å². The highest BCUT2D eigenvalue weighted by molar-refractivity contribution is 5.85. The van der Waals surface area contributed by atoms with Crippen molar-refractivity contribution in [3.63, 3.8) is 0 Å². The van der Waals surface area contributed by atoms with Crippen LogP contribution in [0.4, 0.5) is 4.79 Å². The third-order valence-electron chi connectivity index (χ3n) is 5.41. The van der Waals surface area contributed by atoms with Crippen molar-refractivity contribution in [2.75, 3.05) is 13.1 Å². The Kier molecular flexibility index (Phi) is 4.36. The van der Waals surface area contributed by atoms with Gasteiger partial charge < -0.3 is 14.8 Å². The van der Waals surface area contributed by atoms with Gasteiger partial charge in [0.2, 0.25) is 0 Å². The lowest BCUT2D eigenvalue weighted by atomic mass is 10.1. The molecular weight excluding hydrogens is 328 g/mol. The van der Waals surface area contributed by atoms with Gasteiger partial charge >= 0.3 is 6.03 Å². The minimum atomic E-state index is -0.0144. The van der Waals surface area contributed by atoms with Crippen LogP contribution in [0, 0.1) is 6.92 Å². The summed E-state index contributed by atoms with van der Waals surface area (Å²) in [5.41, 5.74) is 3.56. The van der Waals surface area contributed by atoms with Crippen molar-refractivity contribution in [3.8, 4) is 0 Å². The summed E-state index contributed by atoms with van der Waals surface area (Å²) < 4.78 is 4.02. The van der Waals surface area contributed by atoms with E-state index in [2.05, 4.69) is 52.4 Å². The van der Waals surface area contributed by atoms with Crippen molar-refractivity contribution in [3.05, 3.63) is 47.9 Å². The first-order chi connectivity index (χ1) is 12.6. The van der Waals surface area contributed by atoms with E-state index in [1.807, 2.05) is 21.8 Å². The lowest BCUT2D eigenvalue weighted by Gasteiger charge is -2.32. The normalized spacial score (nSPS) is 17.6. The second-order valence-electron chi connectivity index (χ2n) is 6.93. The molecule has 136 valence electrons. The number of nitrogens with zero attached hydrogens (tertiary/aromatic N) is 5. The molecule has 1 N–H and O–H groups in total. The van der Waals surface area contributed by atoms with Crippen LogP contribution in [0.25, 0.3) is 10.9 Å².